The molecule has 1 atom stereocenters. The summed E-state index contributed by atoms with van der Waals surface area (Å²) in [6.07, 6.45) is 6.29. The van der Waals surface area contributed by atoms with E-state index in [9.17, 15) is 0 Å². The third kappa shape index (κ3) is 4.29. The van der Waals surface area contributed by atoms with Crippen LogP contribution in [0.15, 0.2) is 18.5 Å². The van der Waals surface area contributed by atoms with Gasteiger partial charge in [0.1, 0.15) is 0 Å². The van der Waals surface area contributed by atoms with Crippen LogP contribution in [0.2, 0.25) is 0 Å². The summed E-state index contributed by atoms with van der Waals surface area (Å²) < 4.78 is 0. The molecule has 0 aromatic carbocycles. The molecule has 0 fully saturated rings. The molecule has 108 valence electrons. The van der Waals surface area contributed by atoms with Gasteiger partial charge in [0.05, 0.1) is 0 Å². The highest BCUT2D eigenvalue weighted by atomic mass is 15.2. The van der Waals surface area contributed by atoms with Gasteiger partial charge in [-0.1, -0.05) is 33.6 Å². The molecule has 1 aromatic heterocycles. The molecule has 19 heavy (non-hydrogen) atoms. The second-order valence-corrected chi connectivity index (χ2v) is 5.25. The van der Waals surface area contributed by atoms with Gasteiger partial charge in [-0.05, 0) is 36.6 Å². The van der Waals surface area contributed by atoms with Gasteiger partial charge in [-0.15, -0.1) is 0 Å². The van der Waals surface area contributed by atoms with E-state index in [1.807, 2.05) is 12.4 Å². The van der Waals surface area contributed by atoms with E-state index in [-0.39, 0.29) is 0 Å². The summed E-state index contributed by atoms with van der Waals surface area (Å²) in [6.45, 7) is 11.7. The fourth-order valence-electron chi connectivity index (χ4n) is 2.65. The zero-order valence-corrected chi connectivity index (χ0v) is 12.9. The van der Waals surface area contributed by atoms with Gasteiger partial charge >= 0.3 is 0 Å². The van der Waals surface area contributed by atoms with E-state index in [1.54, 1.807) is 0 Å². The number of rotatable bonds is 8. The van der Waals surface area contributed by atoms with Crippen LogP contribution < -0.4 is 5.73 Å². The second-order valence-electron chi connectivity index (χ2n) is 5.25. The van der Waals surface area contributed by atoms with E-state index in [4.69, 9.17) is 5.73 Å². The number of nitrogens with two attached hydrogens (primary N) is 1. The van der Waals surface area contributed by atoms with Crippen LogP contribution in [-0.2, 0) is 0 Å². The lowest BCUT2D eigenvalue weighted by atomic mass is 9.98. The second kappa shape index (κ2) is 8.28. The molecule has 1 aromatic rings. The molecule has 1 unspecified atom stereocenters. The van der Waals surface area contributed by atoms with E-state index >= 15 is 0 Å². The Kier molecular flexibility index (Phi) is 7.03. The molecule has 0 bridgehead atoms. The first-order valence-electron chi connectivity index (χ1n) is 7.52. The summed E-state index contributed by atoms with van der Waals surface area (Å²) in [4.78, 5) is 6.77. The molecule has 0 saturated heterocycles. The molecule has 0 aliphatic heterocycles. The van der Waals surface area contributed by atoms with Gasteiger partial charge in [0.15, 0.2) is 0 Å². The predicted octanol–water partition coefficient (Wildman–Crippen LogP) is 3.15. The molecule has 1 heterocycles. The minimum atomic E-state index is 0.291. The normalized spacial score (nSPS) is 13.2. The number of hydrogen-bond acceptors (Lipinski definition) is 3. The fourth-order valence-corrected chi connectivity index (χ4v) is 2.65. The molecule has 2 N–H and O–H groups in total. The van der Waals surface area contributed by atoms with Gasteiger partial charge in [-0.25, -0.2) is 0 Å². The largest absolute Gasteiger partial charge is 0.329 e. The van der Waals surface area contributed by atoms with Gasteiger partial charge in [0.25, 0.3) is 0 Å². The summed E-state index contributed by atoms with van der Waals surface area (Å²) in [6, 6.07) is 2.36. The summed E-state index contributed by atoms with van der Waals surface area (Å²) in [5.41, 5.74) is 8.60. The number of aromatic nitrogens is 1. The van der Waals surface area contributed by atoms with Crippen molar-refractivity contribution in [3.05, 3.63) is 29.6 Å². The maximum Gasteiger partial charge on any atom is 0.0488 e. The van der Waals surface area contributed by atoms with Gasteiger partial charge in [-0.3, -0.25) is 9.88 Å². The lowest BCUT2D eigenvalue weighted by Gasteiger charge is -2.33. The standard InChI is InChI=1S/C16H29N3/c1-5-14(6-2)12-19(7-3)16(10-17)15-11-18-9-8-13(15)4/h8-9,11,14,16H,5-7,10,12,17H2,1-4H3. The van der Waals surface area contributed by atoms with Gasteiger partial charge in [0, 0.05) is 31.5 Å². The number of hydrogen-bond donors (Lipinski definition) is 1. The van der Waals surface area contributed by atoms with E-state index in [0.29, 0.717) is 12.6 Å². The Balaban J connectivity index is 2.90. The van der Waals surface area contributed by atoms with Crippen LogP contribution in [0, 0.1) is 12.8 Å². The van der Waals surface area contributed by atoms with Crippen LogP contribution in [0.5, 0.6) is 0 Å². The van der Waals surface area contributed by atoms with Crippen molar-refractivity contribution < 1.29 is 0 Å². The van der Waals surface area contributed by atoms with Crippen molar-refractivity contribution in [2.75, 3.05) is 19.6 Å². The first kappa shape index (κ1) is 16.1. The Morgan fingerprint density at radius 1 is 1.26 bits per heavy atom. The third-order valence-electron chi connectivity index (χ3n) is 4.16. The molecule has 0 aliphatic carbocycles. The number of nitrogens with zero attached hydrogens (tertiary/aromatic N) is 2. The van der Waals surface area contributed by atoms with Gasteiger partial charge in [-0.2, -0.15) is 0 Å². The molecule has 0 amide bonds. The number of pyridine rings is 1. The summed E-state index contributed by atoms with van der Waals surface area (Å²) in [5, 5.41) is 0. The smallest absolute Gasteiger partial charge is 0.0488 e. The van der Waals surface area contributed by atoms with Crippen LogP contribution >= 0.6 is 0 Å². The summed E-state index contributed by atoms with van der Waals surface area (Å²) in [7, 11) is 0. The number of likely N-dealkylation sites (N-methyl/N-ethyl adjacent to an activating group) is 1. The highest BCUT2D eigenvalue weighted by Crippen LogP contribution is 2.24. The summed E-state index contributed by atoms with van der Waals surface area (Å²) in [5.74, 6) is 0.756. The van der Waals surface area contributed by atoms with E-state index in [2.05, 4.69) is 43.6 Å². The van der Waals surface area contributed by atoms with Crippen molar-refractivity contribution in [2.24, 2.45) is 11.7 Å². The first-order valence-corrected chi connectivity index (χ1v) is 7.52. The third-order valence-corrected chi connectivity index (χ3v) is 4.16. The zero-order chi connectivity index (χ0) is 14.3. The molecular formula is C16H29N3. The zero-order valence-electron chi connectivity index (χ0n) is 12.9. The van der Waals surface area contributed by atoms with Gasteiger partial charge in [0.2, 0.25) is 0 Å². The molecule has 0 radical (unpaired) electrons. The van der Waals surface area contributed by atoms with Crippen LogP contribution in [-0.4, -0.2) is 29.5 Å². The lowest BCUT2D eigenvalue weighted by molar-refractivity contribution is 0.173. The van der Waals surface area contributed by atoms with Crippen molar-refractivity contribution in [1.29, 1.82) is 0 Å². The molecule has 0 spiro atoms. The van der Waals surface area contributed by atoms with Crippen molar-refractivity contribution in [3.8, 4) is 0 Å². The molecule has 0 aliphatic rings. The van der Waals surface area contributed by atoms with Crippen molar-refractivity contribution >= 4 is 0 Å². The Bertz CT molecular complexity index is 361. The van der Waals surface area contributed by atoms with Crippen molar-refractivity contribution in [1.82, 2.24) is 9.88 Å². The van der Waals surface area contributed by atoms with E-state index in [0.717, 1.165) is 19.0 Å². The topological polar surface area (TPSA) is 42.1 Å². The Hall–Kier alpha value is -0.930. The first-order chi connectivity index (χ1) is 9.17. The summed E-state index contributed by atoms with van der Waals surface area (Å²) >= 11 is 0. The minimum absolute atomic E-state index is 0.291. The Morgan fingerprint density at radius 2 is 1.95 bits per heavy atom. The molecule has 0 saturated carbocycles. The fraction of sp³-hybridized carbons (Fsp3) is 0.688. The average Bonchev–Trinajstić information content (AvgIpc) is 2.45. The molecule has 3 heteroatoms. The molecule has 3 nitrogen and oxygen atoms in total. The monoisotopic (exact) mass is 263 g/mol. The molecular weight excluding hydrogens is 234 g/mol. The maximum absolute atomic E-state index is 6.04. The van der Waals surface area contributed by atoms with Crippen molar-refractivity contribution in [3.63, 3.8) is 0 Å². The number of aryl methyl sites for hydroxylation is 1. The van der Waals surface area contributed by atoms with E-state index < -0.39 is 0 Å². The predicted molar refractivity (Wildman–Crippen MR) is 82.1 cm³/mol. The average molecular weight is 263 g/mol. The minimum Gasteiger partial charge on any atom is -0.329 e. The van der Waals surface area contributed by atoms with Crippen LogP contribution in [0.25, 0.3) is 0 Å². The van der Waals surface area contributed by atoms with Crippen molar-refractivity contribution in [2.45, 2.75) is 46.6 Å². The highest BCUT2D eigenvalue weighted by molar-refractivity contribution is 5.25. The Morgan fingerprint density at radius 3 is 2.42 bits per heavy atom. The van der Waals surface area contributed by atoms with Crippen LogP contribution in [0.3, 0.4) is 0 Å². The quantitative estimate of drug-likeness (QED) is 0.783. The van der Waals surface area contributed by atoms with Crippen LogP contribution in [0.1, 0.15) is 50.8 Å². The van der Waals surface area contributed by atoms with Gasteiger partial charge < -0.3 is 5.73 Å². The van der Waals surface area contributed by atoms with Crippen LogP contribution in [0.4, 0.5) is 0 Å². The highest BCUT2D eigenvalue weighted by Gasteiger charge is 2.21. The SMILES string of the molecule is CCC(CC)CN(CC)C(CN)c1cnccc1C. The Labute approximate surface area is 118 Å². The van der Waals surface area contributed by atoms with E-state index in [1.165, 1.54) is 24.0 Å². The molecule has 1 rings (SSSR count). The lowest BCUT2D eigenvalue weighted by Crippen LogP contribution is -2.37. The maximum atomic E-state index is 6.04.